The number of carbonyl (C=O) groups is 1. The fourth-order valence-electron chi connectivity index (χ4n) is 3.24. The van der Waals surface area contributed by atoms with Crippen molar-refractivity contribution in [3.63, 3.8) is 0 Å². The molecule has 122 valence electrons. The van der Waals surface area contributed by atoms with Crippen molar-refractivity contribution in [3.05, 3.63) is 32.4 Å². The minimum Gasteiger partial charge on any atom is -0.363 e. The summed E-state index contributed by atoms with van der Waals surface area (Å²) in [4.78, 5) is 30.4. The number of carbonyl (C=O) groups excluding carboxylic acids is 1. The molecule has 1 saturated heterocycles. The predicted octanol–water partition coefficient (Wildman–Crippen LogP) is 0.0803. The molecule has 1 spiro atoms. The maximum Gasteiger partial charge on any atom is 0.343 e. The van der Waals surface area contributed by atoms with Gasteiger partial charge in [-0.2, -0.15) is 5.10 Å². The average Bonchev–Trinajstić information content (AvgIpc) is 3.21. The Kier molecular flexibility index (Phi) is 3.34. The van der Waals surface area contributed by atoms with Gasteiger partial charge in [0, 0.05) is 11.9 Å². The Hall–Kier alpha value is -2.00. The van der Waals surface area contributed by atoms with Gasteiger partial charge in [-0.1, -0.05) is 0 Å². The fourth-order valence-corrected chi connectivity index (χ4v) is 3.85. The van der Waals surface area contributed by atoms with Gasteiger partial charge in [-0.3, -0.25) is 9.36 Å². The van der Waals surface area contributed by atoms with Gasteiger partial charge in [0.25, 0.3) is 0 Å². The Labute approximate surface area is 136 Å². The van der Waals surface area contributed by atoms with Gasteiger partial charge in [0.1, 0.15) is 12.2 Å². The number of aryl methyl sites for hydroxylation is 1. The van der Waals surface area contributed by atoms with E-state index in [1.54, 1.807) is 15.9 Å². The molecule has 1 amide bonds. The molecule has 1 fully saturated rings. The molecule has 2 aliphatic rings. The number of aromatic nitrogens is 4. The van der Waals surface area contributed by atoms with Gasteiger partial charge in [0.15, 0.2) is 5.82 Å². The maximum absolute atomic E-state index is 12.5. The van der Waals surface area contributed by atoms with Crippen LogP contribution in [-0.2, 0) is 29.1 Å². The van der Waals surface area contributed by atoms with Crippen molar-refractivity contribution in [2.24, 2.45) is 0 Å². The molecular formula is C14H17N5O3S. The smallest absolute Gasteiger partial charge is 0.343 e. The van der Waals surface area contributed by atoms with Crippen LogP contribution in [0.4, 0.5) is 0 Å². The molecule has 0 bridgehead atoms. The molecule has 2 aliphatic heterocycles. The van der Waals surface area contributed by atoms with Gasteiger partial charge in [0.2, 0.25) is 5.91 Å². The lowest BCUT2D eigenvalue weighted by atomic mass is 10.0. The number of H-pyrrole nitrogens is 1. The van der Waals surface area contributed by atoms with E-state index in [-0.39, 0.29) is 11.6 Å². The van der Waals surface area contributed by atoms with Crippen LogP contribution < -0.4 is 5.69 Å². The van der Waals surface area contributed by atoms with Crippen molar-refractivity contribution in [1.29, 1.82) is 0 Å². The first-order chi connectivity index (χ1) is 11.0. The number of thiazole rings is 1. The van der Waals surface area contributed by atoms with E-state index in [0.29, 0.717) is 38.5 Å². The molecule has 23 heavy (non-hydrogen) atoms. The highest BCUT2D eigenvalue weighted by molar-refractivity contribution is 7.09. The van der Waals surface area contributed by atoms with Gasteiger partial charge < -0.3 is 9.64 Å². The van der Waals surface area contributed by atoms with Crippen molar-refractivity contribution in [1.82, 2.24) is 24.6 Å². The van der Waals surface area contributed by atoms with E-state index in [9.17, 15) is 9.59 Å². The molecule has 2 aromatic heterocycles. The third-order valence-corrected chi connectivity index (χ3v) is 5.28. The van der Waals surface area contributed by atoms with Gasteiger partial charge in [-0.05, 0) is 13.3 Å². The summed E-state index contributed by atoms with van der Waals surface area (Å²) in [5.41, 5.74) is 0.121. The van der Waals surface area contributed by atoms with Crippen LogP contribution >= 0.6 is 11.3 Å². The highest BCUT2D eigenvalue weighted by Crippen LogP contribution is 2.31. The number of fused-ring (bicyclic) bond motifs is 1. The number of rotatable bonds is 2. The van der Waals surface area contributed by atoms with Crippen molar-refractivity contribution >= 4 is 17.2 Å². The van der Waals surface area contributed by atoms with Gasteiger partial charge in [0.05, 0.1) is 30.2 Å². The number of aromatic amines is 1. The minimum atomic E-state index is -0.478. The minimum absolute atomic E-state index is 0.0566. The zero-order chi connectivity index (χ0) is 16.0. The van der Waals surface area contributed by atoms with Gasteiger partial charge in [-0.15, -0.1) is 11.3 Å². The summed E-state index contributed by atoms with van der Waals surface area (Å²) in [6.07, 6.45) is 1.04. The molecule has 0 radical (unpaired) electrons. The zero-order valence-corrected chi connectivity index (χ0v) is 13.6. The van der Waals surface area contributed by atoms with E-state index in [0.717, 1.165) is 17.1 Å². The lowest BCUT2D eigenvalue weighted by Crippen LogP contribution is -2.47. The largest absolute Gasteiger partial charge is 0.363 e. The molecular weight excluding hydrogens is 318 g/mol. The maximum atomic E-state index is 12.5. The van der Waals surface area contributed by atoms with E-state index in [1.807, 2.05) is 17.2 Å². The molecule has 1 atom stereocenters. The standard InChI is InChI=1S/C14H17N5O3S/c1-9-15-10(6-23-9)4-12(20)18-3-2-14(7-18)8-19-11(5-22-14)16-17-13(19)21/h6H,2-5,7-8H2,1H3,(H,17,21). The molecule has 1 unspecified atom stereocenters. The lowest BCUT2D eigenvalue weighted by Gasteiger charge is -2.33. The Morgan fingerprint density at radius 3 is 3.17 bits per heavy atom. The Bertz CT molecular complexity index is 809. The van der Waals surface area contributed by atoms with Crippen LogP contribution in [0.15, 0.2) is 10.2 Å². The SMILES string of the molecule is Cc1nc(CC(=O)N2CCC3(C2)Cn2c(n[nH]c2=O)CO3)cs1. The van der Waals surface area contributed by atoms with Crippen molar-refractivity contribution in [2.75, 3.05) is 13.1 Å². The molecule has 9 heteroatoms. The van der Waals surface area contributed by atoms with Gasteiger partial charge >= 0.3 is 5.69 Å². The molecule has 1 N–H and O–H groups in total. The van der Waals surface area contributed by atoms with Gasteiger partial charge in [-0.25, -0.2) is 14.9 Å². The fraction of sp³-hybridized carbons (Fsp3) is 0.571. The number of hydrogen-bond acceptors (Lipinski definition) is 6. The van der Waals surface area contributed by atoms with Crippen molar-refractivity contribution in [3.8, 4) is 0 Å². The number of amides is 1. The molecule has 4 heterocycles. The first-order valence-corrected chi connectivity index (χ1v) is 8.39. The second-order valence-corrected chi connectivity index (χ2v) is 7.16. The van der Waals surface area contributed by atoms with Crippen LogP contribution in [0.3, 0.4) is 0 Å². The van der Waals surface area contributed by atoms with Crippen LogP contribution in [0.1, 0.15) is 22.9 Å². The average molecular weight is 335 g/mol. The Morgan fingerprint density at radius 1 is 1.52 bits per heavy atom. The second-order valence-electron chi connectivity index (χ2n) is 6.10. The highest BCUT2D eigenvalue weighted by Gasteiger charge is 2.44. The number of likely N-dealkylation sites (tertiary alicyclic amines) is 1. The summed E-state index contributed by atoms with van der Waals surface area (Å²) in [6.45, 7) is 3.82. The first kappa shape index (κ1) is 14.6. The quantitative estimate of drug-likeness (QED) is 0.839. The molecule has 2 aromatic rings. The summed E-state index contributed by atoms with van der Waals surface area (Å²) in [7, 11) is 0. The van der Waals surface area contributed by atoms with Crippen LogP contribution in [0.25, 0.3) is 0 Å². The Balaban J connectivity index is 1.46. The topological polar surface area (TPSA) is 93.1 Å². The number of nitrogens with zero attached hydrogens (tertiary/aromatic N) is 4. The third kappa shape index (κ3) is 2.59. The number of ether oxygens (including phenoxy) is 1. The zero-order valence-electron chi connectivity index (χ0n) is 12.7. The van der Waals surface area contributed by atoms with E-state index < -0.39 is 5.60 Å². The summed E-state index contributed by atoms with van der Waals surface area (Å²) in [5.74, 6) is 0.671. The monoisotopic (exact) mass is 335 g/mol. The molecule has 8 nitrogen and oxygen atoms in total. The van der Waals surface area contributed by atoms with E-state index in [4.69, 9.17) is 4.74 Å². The van der Waals surface area contributed by atoms with Crippen LogP contribution in [-0.4, -0.2) is 49.2 Å². The summed E-state index contributed by atoms with van der Waals surface area (Å²) in [5, 5.41) is 9.27. The summed E-state index contributed by atoms with van der Waals surface area (Å²) in [6, 6.07) is 0. The highest BCUT2D eigenvalue weighted by atomic mass is 32.1. The summed E-state index contributed by atoms with van der Waals surface area (Å²) < 4.78 is 7.56. The molecule has 4 rings (SSSR count). The van der Waals surface area contributed by atoms with Crippen LogP contribution in [0.2, 0.25) is 0 Å². The van der Waals surface area contributed by atoms with E-state index in [2.05, 4.69) is 15.2 Å². The first-order valence-electron chi connectivity index (χ1n) is 7.51. The van der Waals surface area contributed by atoms with Crippen LogP contribution in [0.5, 0.6) is 0 Å². The van der Waals surface area contributed by atoms with Crippen molar-refractivity contribution in [2.45, 2.75) is 38.5 Å². The molecule has 0 aromatic carbocycles. The normalized spacial score (nSPS) is 23.4. The predicted molar refractivity (Wildman–Crippen MR) is 82.1 cm³/mol. The van der Waals surface area contributed by atoms with Crippen molar-refractivity contribution < 1.29 is 9.53 Å². The molecule has 0 aliphatic carbocycles. The number of hydrogen-bond donors (Lipinski definition) is 1. The molecule has 0 saturated carbocycles. The summed E-state index contributed by atoms with van der Waals surface area (Å²) >= 11 is 1.55. The van der Waals surface area contributed by atoms with E-state index >= 15 is 0 Å². The van der Waals surface area contributed by atoms with E-state index in [1.165, 1.54) is 0 Å². The van der Waals surface area contributed by atoms with Crippen LogP contribution in [0, 0.1) is 6.92 Å². The second kappa shape index (κ2) is 5.27. The Morgan fingerprint density at radius 2 is 2.39 bits per heavy atom. The number of nitrogens with one attached hydrogen (secondary N) is 1. The third-order valence-electron chi connectivity index (χ3n) is 4.46. The lowest BCUT2D eigenvalue weighted by molar-refractivity contribution is -0.132.